The van der Waals surface area contributed by atoms with Crippen LogP contribution in [0.3, 0.4) is 0 Å². The van der Waals surface area contributed by atoms with Crippen LogP contribution in [0.2, 0.25) is 0 Å². The first kappa shape index (κ1) is 18.6. The number of hydrogen-bond donors (Lipinski definition) is 0. The summed E-state index contributed by atoms with van der Waals surface area (Å²) < 4.78 is 6.86. The molecular weight excluding hydrogens is 342 g/mol. The largest absolute Gasteiger partial charge is 0.497 e. The van der Waals surface area contributed by atoms with Gasteiger partial charge in [0, 0.05) is 20.0 Å². The molecule has 0 spiro atoms. The molecule has 7 nitrogen and oxygen atoms in total. The Labute approximate surface area is 158 Å². The minimum absolute atomic E-state index is 0.0444. The normalized spacial score (nSPS) is 11.8. The molecule has 0 fully saturated rings. The second kappa shape index (κ2) is 8.44. The van der Waals surface area contributed by atoms with Gasteiger partial charge in [-0.15, -0.1) is 5.10 Å². The highest BCUT2D eigenvalue weighted by Crippen LogP contribution is 2.19. The minimum atomic E-state index is -0.502. The second-order valence-electron chi connectivity index (χ2n) is 6.42. The van der Waals surface area contributed by atoms with Gasteiger partial charge in [0.2, 0.25) is 5.91 Å². The zero-order chi connectivity index (χ0) is 19.2. The third kappa shape index (κ3) is 4.49. The van der Waals surface area contributed by atoms with Gasteiger partial charge in [-0.1, -0.05) is 42.5 Å². The number of tetrazole rings is 1. The highest BCUT2D eigenvalue weighted by Gasteiger charge is 2.27. The summed E-state index contributed by atoms with van der Waals surface area (Å²) in [5, 5.41) is 11.7. The fraction of sp³-hybridized carbons (Fsp3) is 0.300. The zero-order valence-electron chi connectivity index (χ0n) is 15.7. The Hall–Kier alpha value is -3.22. The van der Waals surface area contributed by atoms with Crippen molar-refractivity contribution >= 4 is 5.91 Å². The van der Waals surface area contributed by atoms with Gasteiger partial charge >= 0.3 is 0 Å². The number of amides is 1. The van der Waals surface area contributed by atoms with E-state index in [0.717, 1.165) is 16.9 Å². The van der Waals surface area contributed by atoms with Crippen LogP contribution in [0.4, 0.5) is 0 Å². The molecule has 0 aliphatic rings. The van der Waals surface area contributed by atoms with Gasteiger partial charge in [-0.05, 0) is 40.6 Å². The Balaban J connectivity index is 1.82. The van der Waals surface area contributed by atoms with Crippen LogP contribution in [-0.2, 0) is 17.8 Å². The number of nitrogens with zero attached hydrogens (tertiary/aromatic N) is 5. The van der Waals surface area contributed by atoms with E-state index in [1.807, 2.05) is 54.6 Å². The van der Waals surface area contributed by atoms with E-state index in [9.17, 15) is 4.79 Å². The van der Waals surface area contributed by atoms with Crippen molar-refractivity contribution in [2.75, 3.05) is 14.2 Å². The maximum Gasteiger partial charge on any atom is 0.247 e. The summed E-state index contributed by atoms with van der Waals surface area (Å²) in [6, 6.07) is 17.1. The average Bonchev–Trinajstić information content (AvgIpc) is 3.12. The monoisotopic (exact) mass is 365 g/mol. The lowest BCUT2D eigenvalue weighted by atomic mass is 10.0. The maximum atomic E-state index is 13.2. The molecule has 0 unspecified atom stereocenters. The third-order valence-corrected chi connectivity index (χ3v) is 4.44. The van der Waals surface area contributed by atoms with Gasteiger partial charge in [-0.3, -0.25) is 4.79 Å². The molecule has 140 valence electrons. The number of hydrogen-bond acceptors (Lipinski definition) is 5. The summed E-state index contributed by atoms with van der Waals surface area (Å²) in [5.41, 5.74) is 2.05. The van der Waals surface area contributed by atoms with Gasteiger partial charge < -0.3 is 9.64 Å². The molecule has 0 aliphatic carbocycles. The summed E-state index contributed by atoms with van der Waals surface area (Å²) >= 11 is 0. The van der Waals surface area contributed by atoms with Gasteiger partial charge in [-0.25, -0.2) is 4.68 Å². The van der Waals surface area contributed by atoms with Gasteiger partial charge in [0.05, 0.1) is 7.11 Å². The zero-order valence-corrected chi connectivity index (χ0v) is 15.7. The lowest BCUT2D eigenvalue weighted by molar-refractivity contribution is -0.134. The highest BCUT2D eigenvalue weighted by molar-refractivity contribution is 5.80. The fourth-order valence-corrected chi connectivity index (χ4v) is 3.02. The average molecular weight is 365 g/mol. The number of benzene rings is 2. The number of ether oxygens (including phenoxy) is 1. The van der Waals surface area contributed by atoms with E-state index in [2.05, 4.69) is 15.5 Å². The van der Waals surface area contributed by atoms with E-state index in [4.69, 9.17) is 4.74 Å². The van der Waals surface area contributed by atoms with E-state index in [1.165, 1.54) is 0 Å². The summed E-state index contributed by atoms with van der Waals surface area (Å²) in [4.78, 5) is 14.9. The van der Waals surface area contributed by atoms with Crippen LogP contribution in [0.15, 0.2) is 54.6 Å². The van der Waals surface area contributed by atoms with E-state index < -0.39 is 6.04 Å². The maximum absolute atomic E-state index is 13.2. The Bertz CT molecular complexity index is 894. The number of carbonyl (C=O) groups excluding carboxylic acids is 1. The van der Waals surface area contributed by atoms with Crippen molar-refractivity contribution < 1.29 is 9.53 Å². The Morgan fingerprint density at radius 3 is 2.56 bits per heavy atom. The van der Waals surface area contributed by atoms with Crippen molar-refractivity contribution in [3.05, 3.63) is 71.5 Å². The van der Waals surface area contributed by atoms with Crippen molar-refractivity contribution in [3.8, 4) is 5.75 Å². The van der Waals surface area contributed by atoms with Crippen LogP contribution < -0.4 is 4.74 Å². The molecule has 0 saturated carbocycles. The molecule has 0 aliphatic heterocycles. The predicted molar refractivity (Wildman–Crippen MR) is 101 cm³/mol. The molecule has 1 amide bonds. The number of likely N-dealkylation sites (N-methyl/N-ethyl adjacent to an activating group) is 1. The number of carbonyl (C=O) groups is 1. The van der Waals surface area contributed by atoms with E-state index in [1.54, 1.807) is 30.7 Å². The number of methoxy groups -OCH3 is 1. The van der Waals surface area contributed by atoms with Crippen molar-refractivity contribution in [2.45, 2.75) is 25.9 Å². The van der Waals surface area contributed by atoms with E-state index in [0.29, 0.717) is 18.8 Å². The molecule has 0 saturated heterocycles. The minimum Gasteiger partial charge on any atom is -0.497 e. The highest BCUT2D eigenvalue weighted by atomic mass is 16.5. The third-order valence-electron chi connectivity index (χ3n) is 4.44. The van der Waals surface area contributed by atoms with Gasteiger partial charge in [0.1, 0.15) is 17.6 Å². The molecule has 3 aromatic rings. The number of rotatable bonds is 7. The van der Waals surface area contributed by atoms with Crippen LogP contribution >= 0.6 is 0 Å². The second-order valence-corrected chi connectivity index (χ2v) is 6.42. The molecule has 27 heavy (non-hydrogen) atoms. The summed E-state index contributed by atoms with van der Waals surface area (Å²) in [5.74, 6) is 1.33. The number of aromatic nitrogens is 4. The van der Waals surface area contributed by atoms with Gasteiger partial charge in [-0.2, -0.15) is 0 Å². The lowest BCUT2D eigenvalue weighted by Crippen LogP contribution is -2.36. The van der Waals surface area contributed by atoms with E-state index >= 15 is 0 Å². The van der Waals surface area contributed by atoms with Crippen LogP contribution in [-0.4, -0.2) is 45.2 Å². The molecule has 0 radical (unpaired) electrons. The van der Waals surface area contributed by atoms with Crippen LogP contribution in [0, 0.1) is 6.92 Å². The first-order valence-corrected chi connectivity index (χ1v) is 8.75. The van der Waals surface area contributed by atoms with Crippen LogP contribution in [0.25, 0.3) is 0 Å². The van der Waals surface area contributed by atoms with Crippen LogP contribution in [0.1, 0.15) is 23.0 Å². The lowest BCUT2D eigenvalue weighted by Gasteiger charge is -2.24. The van der Waals surface area contributed by atoms with Gasteiger partial charge in [0.25, 0.3) is 0 Å². The molecule has 3 rings (SSSR count). The predicted octanol–water partition coefficient (Wildman–Crippen LogP) is 2.43. The molecule has 1 aromatic heterocycles. The van der Waals surface area contributed by atoms with Crippen molar-refractivity contribution in [2.24, 2.45) is 0 Å². The van der Waals surface area contributed by atoms with Gasteiger partial charge in [0.15, 0.2) is 0 Å². The standard InChI is InChI=1S/C20H23N5O2/c1-15-21-22-23-25(15)19(13-16-8-5-4-6-9-16)20(26)24(2)14-17-10-7-11-18(12-17)27-3/h4-12,19H,13-14H2,1-3H3/t19-/m1/s1. The molecule has 0 bridgehead atoms. The fourth-order valence-electron chi connectivity index (χ4n) is 3.02. The quantitative estimate of drug-likeness (QED) is 0.643. The topological polar surface area (TPSA) is 73.1 Å². The SMILES string of the molecule is COc1cccc(CN(C)C(=O)[C@@H](Cc2ccccc2)n2nnnc2C)c1. The van der Waals surface area contributed by atoms with Crippen molar-refractivity contribution in [1.82, 2.24) is 25.1 Å². The molecule has 2 aromatic carbocycles. The molecule has 0 N–H and O–H groups in total. The van der Waals surface area contributed by atoms with E-state index in [-0.39, 0.29) is 5.91 Å². The molecule has 1 heterocycles. The van der Waals surface area contributed by atoms with Crippen LogP contribution in [0.5, 0.6) is 5.75 Å². The van der Waals surface area contributed by atoms with Crippen molar-refractivity contribution in [1.29, 1.82) is 0 Å². The first-order valence-electron chi connectivity index (χ1n) is 8.75. The Kier molecular flexibility index (Phi) is 5.80. The molecule has 7 heteroatoms. The smallest absolute Gasteiger partial charge is 0.247 e. The number of aryl methyl sites for hydroxylation is 1. The summed E-state index contributed by atoms with van der Waals surface area (Å²) in [6.07, 6.45) is 0.522. The first-order chi connectivity index (χ1) is 13.1. The summed E-state index contributed by atoms with van der Waals surface area (Å²) in [7, 11) is 3.42. The summed E-state index contributed by atoms with van der Waals surface area (Å²) in [6.45, 7) is 2.27. The van der Waals surface area contributed by atoms with Crippen molar-refractivity contribution in [3.63, 3.8) is 0 Å². The Morgan fingerprint density at radius 2 is 1.89 bits per heavy atom. The molecular formula is C20H23N5O2. The Morgan fingerprint density at radius 1 is 1.15 bits per heavy atom. The molecule has 1 atom stereocenters.